The number of nitrogens with one attached hydrogen (secondary N) is 3. The van der Waals surface area contributed by atoms with E-state index in [4.69, 9.17) is 12.2 Å². The normalized spacial score (nSPS) is 15.8. The van der Waals surface area contributed by atoms with Crippen LogP contribution in [0.3, 0.4) is 0 Å². The molecule has 1 aliphatic rings. The van der Waals surface area contributed by atoms with Gasteiger partial charge in [0.2, 0.25) is 0 Å². The number of thiocarbonyl (C=S) groups is 1. The van der Waals surface area contributed by atoms with Crippen LogP contribution in [-0.2, 0) is 0 Å². The molecule has 0 amide bonds. The van der Waals surface area contributed by atoms with Crippen molar-refractivity contribution < 1.29 is 18.4 Å². The predicted octanol–water partition coefficient (Wildman–Crippen LogP) is 3.06. The standard InChI is InChI=1S/C18H21F2N3OS2/c19-17(20)24-14-7-5-13(6-8-14)22-18(25)21-12-15(16-4-3-11-26-16)23-9-1-2-10-23/h3-8,11,15,17H,1-2,9-10,12H2,(H2,21,22,25)/p+1/t15-/m1/s1. The first-order valence-electron chi connectivity index (χ1n) is 8.59. The Labute approximate surface area is 161 Å². The lowest BCUT2D eigenvalue weighted by Crippen LogP contribution is -3.11. The molecule has 4 nitrogen and oxygen atoms in total. The topological polar surface area (TPSA) is 37.7 Å². The highest BCUT2D eigenvalue weighted by molar-refractivity contribution is 7.80. The van der Waals surface area contributed by atoms with E-state index in [0.717, 1.165) is 12.2 Å². The molecule has 0 bridgehead atoms. The second-order valence-corrected chi connectivity index (χ2v) is 7.56. The highest BCUT2D eigenvalue weighted by atomic mass is 32.1. The predicted molar refractivity (Wildman–Crippen MR) is 104 cm³/mol. The van der Waals surface area contributed by atoms with Crippen LogP contribution < -0.4 is 20.3 Å². The first kappa shape index (κ1) is 19.0. The molecular formula is C18H22F2N3OS2+. The average molecular weight is 399 g/mol. The number of thiophene rings is 1. The first-order valence-corrected chi connectivity index (χ1v) is 9.88. The molecule has 1 atom stereocenters. The molecule has 1 fully saturated rings. The maximum atomic E-state index is 12.2. The third-order valence-corrected chi connectivity index (χ3v) is 5.66. The Morgan fingerprint density at radius 2 is 1.92 bits per heavy atom. The Balaban J connectivity index is 1.53. The minimum Gasteiger partial charge on any atom is -0.435 e. The highest BCUT2D eigenvalue weighted by Crippen LogP contribution is 2.19. The van der Waals surface area contributed by atoms with Gasteiger partial charge in [0.05, 0.1) is 24.5 Å². The van der Waals surface area contributed by atoms with Gasteiger partial charge in [-0.25, -0.2) is 0 Å². The van der Waals surface area contributed by atoms with Gasteiger partial charge >= 0.3 is 6.61 Å². The van der Waals surface area contributed by atoms with Gasteiger partial charge in [0.1, 0.15) is 11.8 Å². The number of hydrogen-bond donors (Lipinski definition) is 3. The lowest BCUT2D eigenvalue weighted by molar-refractivity contribution is -0.918. The maximum Gasteiger partial charge on any atom is 0.387 e. The maximum absolute atomic E-state index is 12.2. The second kappa shape index (κ2) is 9.25. The Hall–Kier alpha value is -1.77. The molecule has 2 aromatic rings. The van der Waals surface area contributed by atoms with Gasteiger partial charge in [-0.15, -0.1) is 11.3 Å². The molecule has 3 rings (SSSR count). The summed E-state index contributed by atoms with van der Waals surface area (Å²) >= 11 is 7.16. The zero-order chi connectivity index (χ0) is 18.4. The van der Waals surface area contributed by atoms with Gasteiger partial charge in [0.25, 0.3) is 0 Å². The van der Waals surface area contributed by atoms with Crippen molar-refractivity contribution in [2.75, 3.05) is 25.0 Å². The average Bonchev–Trinajstić information content (AvgIpc) is 3.30. The first-order chi connectivity index (χ1) is 12.6. The molecule has 1 saturated heterocycles. The molecule has 3 N–H and O–H groups in total. The number of alkyl halides is 2. The van der Waals surface area contributed by atoms with E-state index in [1.54, 1.807) is 28.4 Å². The van der Waals surface area contributed by atoms with E-state index in [-0.39, 0.29) is 5.75 Å². The monoisotopic (exact) mass is 398 g/mol. The van der Waals surface area contributed by atoms with Crippen LogP contribution in [0.1, 0.15) is 23.8 Å². The lowest BCUT2D eigenvalue weighted by Gasteiger charge is -2.24. The number of benzene rings is 1. The molecule has 0 saturated carbocycles. The number of hydrogen-bond acceptors (Lipinski definition) is 3. The Morgan fingerprint density at radius 3 is 2.54 bits per heavy atom. The lowest BCUT2D eigenvalue weighted by atomic mass is 10.2. The zero-order valence-corrected chi connectivity index (χ0v) is 15.8. The molecule has 1 aliphatic heterocycles. The van der Waals surface area contributed by atoms with Gasteiger partial charge in [0.15, 0.2) is 5.11 Å². The van der Waals surface area contributed by atoms with Crippen LogP contribution in [0.4, 0.5) is 14.5 Å². The smallest absolute Gasteiger partial charge is 0.387 e. The molecule has 8 heteroatoms. The third-order valence-electron chi connectivity index (χ3n) is 4.43. The van der Waals surface area contributed by atoms with Crippen molar-refractivity contribution in [3.05, 3.63) is 46.7 Å². The summed E-state index contributed by atoms with van der Waals surface area (Å²) in [6.45, 7) is 0.319. The molecular weight excluding hydrogens is 376 g/mol. The fourth-order valence-corrected chi connectivity index (χ4v) is 4.29. The van der Waals surface area contributed by atoms with Crippen LogP contribution in [0.2, 0.25) is 0 Å². The van der Waals surface area contributed by atoms with Crippen LogP contribution in [0.15, 0.2) is 41.8 Å². The number of halogens is 2. The fourth-order valence-electron chi connectivity index (χ4n) is 3.20. The number of likely N-dealkylation sites (tertiary alicyclic amines) is 1. The molecule has 0 aliphatic carbocycles. The molecule has 2 heterocycles. The fraction of sp³-hybridized carbons (Fsp3) is 0.389. The van der Waals surface area contributed by atoms with Gasteiger partial charge in [-0.1, -0.05) is 6.07 Å². The minimum absolute atomic E-state index is 0.125. The highest BCUT2D eigenvalue weighted by Gasteiger charge is 2.28. The van der Waals surface area contributed by atoms with Crippen molar-refractivity contribution >= 4 is 34.4 Å². The summed E-state index contributed by atoms with van der Waals surface area (Å²) in [6.07, 6.45) is 2.54. The molecule has 0 unspecified atom stereocenters. The molecule has 1 aromatic heterocycles. The zero-order valence-electron chi connectivity index (χ0n) is 14.2. The summed E-state index contributed by atoms with van der Waals surface area (Å²) in [6, 6.07) is 10.9. The van der Waals surface area contributed by atoms with E-state index < -0.39 is 6.61 Å². The van der Waals surface area contributed by atoms with Crippen LogP contribution in [0, 0.1) is 0 Å². The van der Waals surface area contributed by atoms with E-state index >= 15 is 0 Å². The van der Waals surface area contributed by atoms with E-state index in [0.29, 0.717) is 11.2 Å². The third kappa shape index (κ3) is 5.36. The van der Waals surface area contributed by atoms with Crippen molar-refractivity contribution in [1.29, 1.82) is 0 Å². The van der Waals surface area contributed by atoms with Gasteiger partial charge in [-0.05, 0) is 47.9 Å². The molecule has 0 radical (unpaired) electrons. The molecule has 140 valence electrons. The largest absolute Gasteiger partial charge is 0.435 e. The van der Waals surface area contributed by atoms with E-state index in [2.05, 4.69) is 32.9 Å². The quantitative estimate of drug-likeness (QED) is 0.627. The van der Waals surface area contributed by atoms with Gasteiger partial charge < -0.3 is 20.3 Å². The SMILES string of the molecule is FC(F)Oc1ccc(NC(=S)NC[C@H](c2cccs2)[NH+]2CCCC2)cc1. The summed E-state index contributed by atoms with van der Waals surface area (Å²) in [5.41, 5.74) is 0.727. The summed E-state index contributed by atoms with van der Waals surface area (Å²) in [5, 5.41) is 9.01. The molecule has 26 heavy (non-hydrogen) atoms. The molecule has 1 aromatic carbocycles. The number of ether oxygens (including phenoxy) is 1. The van der Waals surface area contributed by atoms with E-state index in [1.165, 1.54) is 42.9 Å². The van der Waals surface area contributed by atoms with E-state index in [9.17, 15) is 8.78 Å². The van der Waals surface area contributed by atoms with Crippen LogP contribution in [0.25, 0.3) is 0 Å². The van der Waals surface area contributed by atoms with Crippen LogP contribution >= 0.6 is 23.6 Å². The Morgan fingerprint density at radius 1 is 1.19 bits per heavy atom. The van der Waals surface area contributed by atoms with Crippen molar-refractivity contribution in [3.63, 3.8) is 0 Å². The van der Waals surface area contributed by atoms with Crippen molar-refractivity contribution in [3.8, 4) is 5.75 Å². The van der Waals surface area contributed by atoms with Crippen LogP contribution in [0.5, 0.6) is 5.75 Å². The number of rotatable bonds is 7. The summed E-state index contributed by atoms with van der Waals surface area (Å²) in [4.78, 5) is 2.96. The Bertz CT molecular complexity index is 689. The molecule has 0 spiro atoms. The number of anilines is 1. The van der Waals surface area contributed by atoms with Gasteiger partial charge in [-0.3, -0.25) is 0 Å². The van der Waals surface area contributed by atoms with Crippen molar-refractivity contribution in [2.45, 2.75) is 25.5 Å². The summed E-state index contributed by atoms with van der Waals surface area (Å²) in [7, 11) is 0. The Kier molecular flexibility index (Phi) is 6.76. The van der Waals surface area contributed by atoms with Crippen molar-refractivity contribution in [2.24, 2.45) is 0 Å². The summed E-state index contributed by atoms with van der Waals surface area (Å²) < 4.78 is 28.7. The van der Waals surface area contributed by atoms with Gasteiger partial charge in [-0.2, -0.15) is 8.78 Å². The summed E-state index contributed by atoms with van der Waals surface area (Å²) in [5.74, 6) is 0.125. The van der Waals surface area contributed by atoms with Gasteiger partial charge in [0, 0.05) is 18.5 Å². The van der Waals surface area contributed by atoms with Crippen LogP contribution in [-0.4, -0.2) is 31.4 Å². The number of quaternary nitrogens is 1. The van der Waals surface area contributed by atoms with E-state index in [1.807, 2.05) is 0 Å². The van der Waals surface area contributed by atoms with Crippen molar-refractivity contribution in [1.82, 2.24) is 5.32 Å². The second-order valence-electron chi connectivity index (χ2n) is 6.17. The minimum atomic E-state index is -2.82.